The van der Waals surface area contributed by atoms with Gasteiger partial charge in [0, 0.05) is 11.3 Å². The van der Waals surface area contributed by atoms with E-state index in [4.69, 9.17) is 10.5 Å². The van der Waals surface area contributed by atoms with Crippen molar-refractivity contribution >= 4 is 23.0 Å². The Balaban J connectivity index is 2.02. The van der Waals surface area contributed by atoms with Gasteiger partial charge in [0.2, 0.25) is 0 Å². The van der Waals surface area contributed by atoms with Crippen LogP contribution in [0.15, 0.2) is 49.1 Å². The van der Waals surface area contributed by atoms with E-state index in [9.17, 15) is 9.90 Å². The van der Waals surface area contributed by atoms with Gasteiger partial charge in [-0.2, -0.15) is 9.78 Å². The normalized spacial score (nSPS) is 10.7. The number of aromatic nitrogens is 3. The van der Waals surface area contributed by atoms with Crippen molar-refractivity contribution in [2.75, 3.05) is 11.1 Å². The Hall–Kier alpha value is -3.55. The minimum atomic E-state index is -0.362. The van der Waals surface area contributed by atoms with Gasteiger partial charge in [-0.25, -0.2) is 4.98 Å². The van der Waals surface area contributed by atoms with Crippen LogP contribution in [0, 0.1) is 0 Å². The molecule has 0 amide bonds. The van der Waals surface area contributed by atoms with E-state index in [-0.39, 0.29) is 17.8 Å². The van der Waals surface area contributed by atoms with E-state index in [1.165, 1.54) is 12.7 Å². The number of rotatable bonds is 5. The average Bonchev–Trinajstić information content (AvgIpc) is 3.13. The van der Waals surface area contributed by atoms with Crippen LogP contribution >= 0.6 is 0 Å². The number of nitrogens with two attached hydrogens (primary N) is 1. The smallest absolute Gasteiger partial charge is 0.279 e. The fourth-order valence-electron chi connectivity index (χ4n) is 2.38. The predicted octanol–water partition coefficient (Wildman–Crippen LogP) is 2.79. The van der Waals surface area contributed by atoms with E-state index in [1.54, 1.807) is 36.4 Å². The van der Waals surface area contributed by atoms with Crippen LogP contribution in [-0.2, 0) is 0 Å². The number of benzene rings is 2. The number of hydrogen-bond donors (Lipinski definition) is 3. The number of carbonyl (C=O) groups excluding carboxylic acids is 1. The number of anilines is 3. The zero-order valence-corrected chi connectivity index (χ0v) is 14.4. The molecule has 1 aromatic heterocycles. The minimum Gasteiger partial charge on any atom is -0.508 e. The molecule has 3 rings (SSSR count). The molecule has 2 aromatic carbocycles. The van der Waals surface area contributed by atoms with E-state index < -0.39 is 0 Å². The topological polar surface area (TPSA) is 115 Å². The second-order valence-electron chi connectivity index (χ2n) is 5.93. The van der Waals surface area contributed by atoms with E-state index in [0.29, 0.717) is 28.4 Å². The van der Waals surface area contributed by atoms with Gasteiger partial charge in [0.1, 0.15) is 18.4 Å². The third-order valence-corrected chi connectivity index (χ3v) is 3.49. The van der Waals surface area contributed by atoms with Crippen molar-refractivity contribution in [3.8, 4) is 11.5 Å². The molecule has 0 aliphatic rings. The molecular formula is C18H19N5O3. The van der Waals surface area contributed by atoms with Crippen LogP contribution in [0.1, 0.15) is 24.2 Å². The molecule has 0 saturated heterocycles. The van der Waals surface area contributed by atoms with Crippen molar-refractivity contribution in [1.82, 2.24) is 14.8 Å². The molecule has 0 spiro atoms. The molecule has 0 unspecified atom stereocenters. The quantitative estimate of drug-likeness (QED) is 0.477. The van der Waals surface area contributed by atoms with Gasteiger partial charge in [-0.3, -0.25) is 4.79 Å². The lowest BCUT2D eigenvalue weighted by atomic mass is 10.1. The lowest BCUT2D eigenvalue weighted by molar-refractivity contribution is 0.0944. The van der Waals surface area contributed by atoms with Crippen LogP contribution in [-0.4, -0.2) is 31.9 Å². The maximum atomic E-state index is 12.5. The summed E-state index contributed by atoms with van der Waals surface area (Å²) in [7, 11) is 0. The summed E-state index contributed by atoms with van der Waals surface area (Å²) in [5.41, 5.74) is 8.04. The number of carbonyl (C=O) groups is 1. The van der Waals surface area contributed by atoms with E-state index in [1.807, 2.05) is 13.8 Å². The summed E-state index contributed by atoms with van der Waals surface area (Å²) in [4.78, 5) is 16.3. The van der Waals surface area contributed by atoms with Crippen LogP contribution < -0.4 is 15.8 Å². The molecule has 0 aliphatic heterocycles. The Kier molecular flexibility index (Phi) is 4.74. The zero-order valence-electron chi connectivity index (χ0n) is 14.4. The number of ether oxygens (including phenoxy) is 1. The van der Waals surface area contributed by atoms with Crippen LogP contribution in [0.5, 0.6) is 11.5 Å². The van der Waals surface area contributed by atoms with Crippen molar-refractivity contribution in [3.05, 3.63) is 54.6 Å². The Morgan fingerprint density at radius 1 is 1.27 bits per heavy atom. The first-order valence-electron chi connectivity index (χ1n) is 7.99. The molecule has 8 nitrogen and oxygen atoms in total. The lowest BCUT2D eigenvalue weighted by Gasteiger charge is -2.19. The second kappa shape index (κ2) is 7.14. The van der Waals surface area contributed by atoms with Gasteiger partial charge in [0.05, 0.1) is 17.5 Å². The Labute approximate surface area is 150 Å². The third kappa shape index (κ3) is 3.75. The highest BCUT2D eigenvalue weighted by Crippen LogP contribution is 2.36. The van der Waals surface area contributed by atoms with Crippen molar-refractivity contribution in [1.29, 1.82) is 0 Å². The molecule has 0 bridgehead atoms. The summed E-state index contributed by atoms with van der Waals surface area (Å²) in [6.07, 6.45) is 2.51. The Morgan fingerprint density at radius 2 is 2.00 bits per heavy atom. The Morgan fingerprint density at radius 3 is 2.62 bits per heavy atom. The van der Waals surface area contributed by atoms with Gasteiger partial charge >= 0.3 is 0 Å². The molecule has 3 aromatic rings. The molecule has 4 N–H and O–H groups in total. The Bertz CT molecular complexity index is 905. The van der Waals surface area contributed by atoms with Crippen molar-refractivity contribution in [3.63, 3.8) is 0 Å². The number of hydrogen-bond acceptors (Lipinski definition) is 7. The highest BCUT2D eigenvalue weighted by molar-refractivity contribution is 5.98. The first-order chi connectivity index (χ1) is 12.4. The summed E-state index contributed by atoms with van der Waals surface area (Å²) in [5.74, 6) is 0.242. The first kappa shape index (κ1) is 17.3. The average molecular weight is 353 g/mol. The summed E-state index contributed by atoms with van der Waals surface area (Å²) in [6, 6.07) is 9.71. The highest BCUT2D eigenvalue weighted by Gasteiger charge is 2.17. The molecule has 0 radical (unpaired) electrons. The van der Waals surface area contributed by atoms with Crippen LogP contribution in [0.25, 0.3) is 0 Å². The molecule has 134 valence electrons. The number of phenols is 1. The minimum absolute atomic E-state index is 0.102. The number of nitrogen functional groups attached to an aromatic ring is 1. The fourth-order valence-corrected chi connectivity index (χ4v) is 2.38. The third-order valence-electron chi connectivity index (χ3n) is 3.49. The maximum Gasteiger partial charge on any atom is 0.279 e. The van der Waals surface area contributed by atoms with Crippen LogP contribution in [0.4, 0.5) is 17.1 Å². The van der Waals surface area contributed by atoms with E-state index in [2.05, 4.69) is 15.4 Å². The molecule has 0 saturated carbocycles. The predicted molar refractivity (Wildman–Crippen MR) is 97.8 cm³/mol. The van der Waals surface area contributed by atoms with Crippen molar-refractivity contribution < 1.29 is 14.6 Å². The first-order valence-corrected chi connectivity index (χ1v) is 7.99. The number of aromatic hydroxyl groups is 1. The molecule has 26 heavy (non-hydrogen) atoms. The number of phenolic OH excluding ortho intramolecular Hbond substituents is 1. The molecule has 8 heteroatoms. The molecule has 0 aliphatic carbocycles. The van der Waals surface area contributed by atoms with E-state index in [0.717, 1.165) is 4.68 Å². The van der Waals surface area contributed by atoms with Gasteiger partial charge in [-0.05, 0) is 50.2 Å². The number of nitrogens with zero attached hydrogens (tertiary/aromatic N) is 3. The van der Waals surface area contributed by atoms with Gasteiger partial charge < -0.3 is 20.9 Å². The largest absolute Gasteiger partial charge is 0.508 e. The molecule has 1 heterocycles. The summed E-state index contributed by atoms with van der Waals surface area (Å²) in [6.45, 7) is 3.77. The van der Waals surface area contributed by atoms with Gasteiger partial charge in [0.15, 0.2) is 5.75 Å². The van der Waals surface area contributed by atoms with Crippen molar-refractivity contribution in [2.24, 2.45) is 0 Å². The van der Waals surface area contributed by atoms with Gasteiger partial charge in [-0.1, -0.05) is 0 Å². The monoisotopic (exact) mass is 353 g/mol. The highest BCUT2D eigenvalue weighted by atomic mass is 16.5. The zero-order chi connectivity index (χ0) is 18.7. The van der Waals surface area contributed by atoms with Crippen LogP contribution in [0.3, 0.4) is 0 Å². The number of nitrogens with one attached hydrogen (secondary N) is 1. The van der Waals surface area contributed by atoms with Gasteiger partial charge in [-0.15, -0.1) is 0 Å². The van der Waals surface area contributed by atoms with Crippen molar-refractivity contribution in [2.45, 2.75) is 20.0 Å². The van der Waals surface area contributed by atoms with Gasteiger partial charge in [0.25, 0.3) is 5.91 Å². The standard InChI is InChI=1S/C18H19N5O3/c1-11(2)26-17-15(19)7-12(18(25)23-10-20-9-21-23)8-16(17)22-13-3-5-14(24)6-4-13/h3-11,22,24H,19H2,1-2H3. The lowest BCUT2D eigenvalue weighted by Crippen LogP contribution is -2.15. The van der Waals surface area contributed by atoms with Crippen LogP contribution in [0.2, 0.25) is 0 Å². The molecule has 0 fully saturated rings. The summed E-state index contributed by atoms with van der Waals surface area (Å²) < 4.78 is 6.94. The molecular weight excluding hydrogens is 334 g/mol. The fraction of sp³-hybridized carbons (Fsp3) is 0.167. The van der Waals surface area contributed by atoms with E-state index >= 15 is 0 Å². The maximum absolute atomic E-state index is 12.5. The SMILES string of the molecule is CC(C)Oc1c(N)cc(C(=O)n2cncn2)cc1Nc1ccc(O)cc1. The summed E-state index contributed by atoms with van der Waals surface area (Å²) >= 11 is 0. The second-order valence-corrected chi connectivity index (χ2v) is 5.93. The summed E-state index contributed by atoms with van der Waals surface area (Å²) in [5, 5.41) is 16.5. The molecule has 0 atom stereocenters.